The van der Waals surface area contributed by atoms with Crippen LogP contribution in [0, 0.1) is 32.1 Å². The van der Waals surface area contributed by atoms with Gasteiger partial charge in [0.2, 0.25) is 0 Å². The lowest BCUT2D eigenvalue weighted by Gasteiger charge is -2.10. The van der Waals surface area contributed by atoms with Gasteiger partial charge < -0.3 is 0 Å². The molecule has 0 spiro atoms. The van der Waals surface area contributed by atoms with Gasteiger partial charge in [-0.25, -0.2) is 0 Å². The van der Waals surface area contributed by atoms with Crippen molar-refractivity contribution in [2.45, 2.75) is 27.2 Å². The van der Waals surface area contributed by atoms with Gasteiger partial charge in [0.1, 0.15) is 0 Å². The summed E-state index contributed by atoms with van der Waals surface area (Å²) in [6, 6.07) is 4.38. The van der Waals surface area contributed by atoms with Crippen molar-refractivity contribution in [1.82, 2.24) is 0 Å². The second-order valence-electron chi connectivity index (χ2n) is 3.80. The fraction of sp³-hybridized carbons (Fsp3) is 0.385. The van der Waals surface area contributed by atoms with Crippen molar-refractivity contribution in [3.8, 4) is 12.3 Å². The monoisotopic (exact) mass is 250 g/mol. The molecule has 0 N–H and O–H groups in total. The molecule has 0 bridgehead atoms. The molecule has 0 fully saturated rings. The molecule has 0 saturated carbocycles. The lowest BCUT2D eigenvalue weighted by atomic mass is 9.98. The van der Waals surface area contributed by atoms with E-state index in [0.717, 1.165) is 6.42 Å². The highest BCUT2D eigenvalue weighted by Gasteiger charge is 2.06. The Bertz CT molecular complexity index is 372. The normalized spacial score (nSPS) is 12.2. The SMILES string of the molecule is C#CC(C)Cc1cc(C)c(C)cc1Br. The Balaban J connectivity index is 2.99. The van der Waals surface area contributed by atoms with Crippen LogP contribution in [-0.2, 0) is 6.42 Å². The summed E-state index contributed by atoms with van der Waals surface area (Å²) in [7, 11) is 0. The van der Waals surface area contributed by atoms with Gasteiger partial charge in [0.25, 0.3) is 0 Å². The maximum atomic E-state index is 5.37. The number of rotatable bonds is 2. The predicted octanol–water partition coefficient (Wildman–Crippen LogP) is 3.88. The second-order valence-corrected chi connectivity index (χ2v) is 4.65. The van der Waals surface area contributed by atoms with E-state index in [1.54, 1.807) is 0 Å². The molecule has 0 radical (unpaired) electrons. The molecule has 1 aromatic carbocycles. The second kappa shape index (κ2) is 4.66. The third-order valence-corrected chi connectivity index (χ3v) is 3.21. The average molecular weight is 251 g/mol. The molecule has 0 saturated heterocycles. The first kappa shape index (κ1) is 11.3. The number of halogens is 1. The molecule has 0 nitrogen and oxygen atoms in total. The Morgan fingerprint density at radius 2 is 1.93 bits per heavy atom. The highest BCUT2D eigenvalue weighted by molar-refractivity contribution is 9.10. The number of aryl methyl sites for hydroxylation is 2. The van der Waals surface area contributed by atoms with E-state index < -0.39 is 0 Å². The molecule has 1 atom stereocenters. The number of hydrogen-bond acceptors (Lipinski definition) is 0. The summed E-state index contributed by atoms with van der Waals surface area (Å²) in [4.78, 5) is 0. The molecule has 0 aliphatic carbocycles. The molecule has 0 aromatic heterocycles. The highest BCUT2D eigenvalue weighted by atomic mass is 79.9. The Labute approximate surface area is 94.9 Å². The molecule has 14 heavy (non-hydrogen) atoms. The van der Waals surface area contributed by atoms with Crippen molar-refractivity contribution in [1.29, 1.82) is 0 Å². The third kappa shape index (κ3) is 2.62. The minimum atomic E-state index is 0.299. The largest absolute Gasteiger partial charge is 0.120 e. The van der Waals surface area contributed by atoms with E-state index in [4.69, 9.17) is 6.42 Å². The average Bonchev–Trinajstić information content (AvgIpc) is 2.14. The van der Waals surface area contributed by atoms with E-state index in [0.29, 0.717) is 5.92 Å². The fourth-order valence-electron chi connectivity index (χ4n) is 1.39. The van der Waals surface area contributed by atoms with Crippen molar-refractivity contribution in [3.63, 3.8) is 0 Å². The first-order valence-corrected chi connectivity index (χ1v) is 5.55. The van der Waals surface area contributed by atoms with E-state index in [1.165, 1.54) is 21.2 Å². The summed E-state index contributed by atoms with van der Waals surface area (Å²) in [5.74, 6) is 3.05. The first-order chi connectivity index (χ1) is 6.54. The molecule has 1 unspecified atom stereocenters. The lowest BCUT2D eigenvalue weighted by molar-refractivity contribution is 0.748. The summed E-state index contributed by atoms with van der Waals surface area (Å²) < 4.78 is 1.17. The maximum Gasteiger partial charge on any atom is 0.0212 e. The summed E-state index contributed by atoms with van der Waals surface area (Å²) >= 11 is 3.57. The lowest BCUT2D eigenvalue weighted by Crippen LogP contribution is -1.98. The predicted molar refractivity (Wildman–Crippen MR) is 65.3 cm³/mol. The van der Waals surface area contributed by atoms with Crippen LogP contribution in [0.2, 0.25) is 0 Å². The van der Waals surface area contributed by atoms with Crippen LogP contribution in [0.4, 0.5) is 0 Å². The van der Waals surface area contributed by atoms with Gasteiger partial charge in [-0.3, -0.25) is 0 Å². The zero-order chi connectivity index (χ0) is 10.7. The third-order valence-electron chi connectivity index (χ3n) is 2.47. The first-order valence-electron chi connectivity index (χ1n) is 4.76. The molecule has 0 amide bonds. The molecule has 0 aliphatic rings. The van der Waals surface area contributed by atoms with Crippen molar-refractivity contribution < 1.29 is 0 Å². The molecule has 1 heteroatoms. The van der Waals surface area contributed by atoms with Crippen molar-refractivity contribution in [3.05, 3.63) is 33.3 Å². The number of terminal acetylenes is 1. The van der Waals surface area contributed by atoms with Crippen LogP contribution in [0.15, 0.2) is 16.6 Å². The molecule has 0 aliphatic heterocycles. The van der Waals surface area contributed by atoms with E-state index in [9.17, 15) is 0 Å². The van der Waals surface area contributed by atoms with Crippen LogP contribution in [-0.4, -0.2) is 0 Å². The maximum absolute atomic E-state index is 5.37. The molecular formula is C13H15Br. The molecular weight excluding hydrogens is 236 g/mol. The molecule has 1 aromatic rings. The van der Waals surface area contributed by atoms with Gasteiger partial charge in [-0.2, -0.15) is 0 Å². The number of hydrogen-bond donors (Lipinski definition) is 0. The quantitative estimate of drug-likeness (QED) is 0.700. The van der Waals surface area contributed by atoms with Crippen LogP contribution in [0.1, 0.15) is 23.6 Å². The standard InChI is InChI=1S/C13H15Br/c1-5-9(2)6-12-7-10(3)11(4)8-13(12)14/h1,7-9H,6H2,2-4H3. The van der Waals surface area contributed by atoms with Crippen LogP contribution >= 0.6 is 15.9 Å². The molecule has 1 rings (SSSR count). The van der Waals surface area contributed by atoms with Crippen molar-refractivity contribution in [2.75, 3.05) is 0 Å². The summed E-state index contributed by atoms with van der Waals surface area (Å²) in [5.41, 5.74) is 3.94. The summed E-state index contributed by atoms with van der Waals surface area (Å²) in [5, 5.41) is 0. The van der Waals surface area contributed by atoms with E-state index in [2.05, 4.69) is 54.8 Å². The van der Waals surface area contributed by atoms with Gasteiger partial charge in [-0.05, 0) is 43.0 Å². The summed E-state index contributed by atoms with van der Waals surface area (Å²) in [6.07, 6.45) is 6.32. The van der Waals surface area contributed by atoms with Gasteiger partial charge in [-0.1, -0.05) is 28.9 Å². The Kier molecular flexibility index (Phi) is 3.77. The van der Waals surface area contributed by atoms with Crippen LogP contribution in [0.25, 0.3) is 0 Å². The fourth-order valence-corrected chi connectivity index (χ4v) is 2.01. The zero-order valence-corrected chi connectivity index (χ0v) is 10.5. The smallest absolute Gasteiger partial charge is 0.0212 e. The topological polar surface area (TPSA) is 0 Å². The zero-order valence-electron chi connectivity index (χ0n) is 8.89. The van der Waals surface area contributed by atoms with Gasteiger partial charge >= 0.3 is 0 Å². The molecule has 74 valence electrons. The minimum absolute atomic E-state index is 0.299. The van der Waals surface area contributed by atoms with E-state index in [-0.39, 0.29) is 0 Å². The summed E-state index contributed by atoms with van der Waals surface area (Å²) in [6.45, 7) is 6.32. The van der Waals surface area contributed by atoms with Gasteiger partial charge in [0.15, 0.2) is 0 Å². The van der Waals surface area contributed by atoms with Gasteiger partial charge in [0.05, 0.1) is 0 Å². The van der Waals surface area contributed by atoms with Crippen molar-refractivity contribution in [2.24, 2.45) is 5.92 Å². The number of benzene rings is 1. The van der Waals surface area contributed by atoms with E-state index >= 15 is 0 Å². The van der Waals surface area contributed by atoms with Crippen LogP contribution < -0.4 is 0 Å². The molecule has 0 heterocycles. The Hall–Kier alpha value is -0.740. The van der Waals surface area contributed by atoms with Gasteiger partial charge in [0, 0.05) is 10.4 Å². The Morgan fingerprint density at radius 3 is 2.50 bits per heavy atom. The van der Waals surface area contributed by atoms with Crippen molar-refractivity contribution >= 4 is 15.9 Å². The highest BCUT2D eigenvalue weighted by Crippen LogP contribution is 2.23. The van der Waals surface area contributed by atoms with Crippen LogP contribution in [0.3, 0.4) is 0 Å². The minimum Gasteiger partial charge on any atom is -0.120 e. The van der Waals surface area contributed by atoms with Crippen LogP contribution in [0.5, 0.6) is 0 Å². The Morgan fingerprint density at radius 1 is 1.36 bits per heavy atom. The van der Waals surface area contributed by atoms with Gasteiger partial charge in [-0.15, -0.1) is 12.3 Å². The van der Waals surface area contributed by atoms with E-state index in [1.807, 2.05) is 0 Å².